The third kappa shape index (κ3) is 2.90. The second-order valence-corrected chi connectivity index (χ2v) is 6.46. The molecule has 3 nitrogen and oxygen atoms in total. The number of aromatic amines is 1. The summed E-state index contributed by atoms with van der Waals surface area (Å²) in [7, 11) is 1.68. The third-order valence-electron chi connectivity index (χ3n) is 4.09. The summed E-state index contributed by atoms with van der Waals surface area (Å²) in [6.45, 7) is 10.1. The summed E-state index contributed by atoms with van der Waals surface area (Å²) in [5.41, 5.74) is 2.20. The van der Waals surface area contributed by atoms with Crippen molar-refractivity contribution in [1.82, 2.24) is 9.55 Å². The molecule has 0 aliphatic heterocycles. The maximum atomic E-state index is 5.49. The van der Waals surface area contributed by atoms with Gasteiger partial charge in [0.1, 0.15) is 5.75 Å². The number of benzene rings is 1. The van der Waals surface area contributed by atoms with E-state index in [1.807, 2.05) is 12.1 Å². The van der Waals surface area contributed by atoms with Gasteiger partial charge in [-0.25, -0.2) is 0 Å². The number of methoxy groups -OCH3 is 1. The van der Waals surface area contributed by atoms with Crippen molar-refractivity contribution >= 4 is 23.3 Å². The number of ether oxygens (including phenoxy) is 1. The first kappa shape index (κ1) is 15.1. The molecule has 0 fully saturated rings. The Balaban J connectivity index is 2.44. The van der Waals surface area contributed by atoms with Gasteiger partial charge in [-0.2, -0.15) is 0 Å². The Morgan fingerprint density at radius 2 is 1.85 bits per heavy atom. The van der Waals surface area contributed by atoms with Crippen molar-refractivity contribution in [2.45, 2.75) is 34.2 Å². The van der Waals surface area contributed by atoms with Crippen molar-refractivity contribution in [3.8, 4) is 5.75 Å². The molecule has 0 radical (unpaired) electrons. The van der Waals surface area contributed by atoms with E-state index in [0.717, 1.165) is 28.1 Å². The number of hydrogen-bond acceptors (Lipinski definition) is 2. The van der Waals surface area contributed by atoms with Gasteiger partial charge in [0, 0.05) is 12.6 Å². The number of H-pyrrole nitrogens is 1. The van der Waals surface area contributed by atoms with Crippen molar-refractivity contribution in [1.29, 1.82) is 0 Å². The van der Waals surface area contributed by atoms with Gasteiger partial charge in [0.2, 0.25) is 0 Å². The molecule has 110 valence electrons. The van der Waals surface area contributed by atoms with Crippen LogP contribution in [-0.4, -0.2) is 16.7 Å². The minimum atomic E-state index is 0.614. The van der Waals surface area contributed by atoms with Gasteiger partial charge in [-0.3, -0.25) is 0 Å². The first-order valence-electron chi connectivity index (χ1n) is 7.20. The van der Waals surface area contributed by atoms with E-state index in [9.17, 15) is 0 Å². The Morgan fingerprint density at radius 3 is 2.40 bits per heavy atom. The Kier molecular flexibility index (Phi) is 4.53. The van der Waals surface area contributed by atoms with Crippen molar-refractivity contribution in [3.63, 3.8) is 0 Å². The largest absolute Gasteiger partial charge is 0.497 e. The van der Waals surface area contributed by atoms with Gasteiger partial charge in [0.25, 0.3) is 0 Å². The molecule has 1 N–H and O–H groups in total. The van der Waals surface area contributed by atoms with Gasteiger partial charge in [-0.1, -0.05) is 27.7 Å². The molecule has 0 spiro atoms. The maximum Gasteiger partial charge on any atom is 0.178 e. The zero-order valence-corrected chi connectivity index (χ0v) is 13.8. The van der Waals surface area contributed by atoms with Crippen molar-refractivity contribution in [2.75, 3.05) is 7.11 Å². The van der Waals surface area contributed by atoms with Gasteiger partial charge >= 0.3 is 0 Å². The monoisotopic (exact) mass is 292 g/mol. The molecule has 0 aliphatic carbocycles. The smallest absolute Gasteiger partial charge is 0.178 e. The molecule has 20 heavy (non-hydrogen) atoms. The van der Waals surface area contributed by atoms with Crippen LogP contribution in [0, 0.1) is 22.5 Å². The van der Waals surface area contributed by atoms with Gasteiger partial charge in [0.05, 0.1) is 18.1 Å². The Morgan fingerprint density at radius 1 is 1.20 bits per heavy atom. The van der Waals surface area contributed by atoms with E-state index in [1.165, 1.54) is 0 Å². The van der Waals surface area contributed by atoms with E-state index in [2.05, 4.69) is 43.3 Å². The number of rotatable bonds is 5. The van der Waals surface area contributed by atoms with Crippen LogP contribution >= 0.6 is 12.2 Å². The van der Waals surface area contributed by atoms with Gasteiger partial charge < -0.3 is 14.3 Å². The van der Waals surface area contributed by atoms with Crippen molar-refractivity contribution in [3.05, 3.63) is 23.0 Å². The molecule has 0 aliphatic rings. The SMILES string of the molecule is COc1ccc2c(c1)[nH]c(=S)n2CC(C(C)C)C(C)C. The highest BCUT2D eigenvalue weighted by Gasteiger charge is 2.19. The summed E-state index contributed by atoms with van der Waals surface area (Å²) in [5.74, 6) is 2.74. The topological polar surface area (TPSA) is 29.9 Å². The van der Waals surface area contributed by atoms with Crippen LogP contribution in [0.2, 0.25) is 0 Å². The number of imidazole rings is 1. The lowest BCUT2D eigenvalue weighted by Gasteiger charge is -2.25. The number of nitrogens with zero attached hydrogens (tertiary/aromatic N) is 1. The van der Waals surface area contributed by atoms with Crippen LogP contribution in [0.1, 0.15) is 27.7 Å². The predicted octanol–water partition coefficient (Wildman–Crippen LogP) is 4.64. The molecular weight excluding hydrogens is 268 g/mol. The van der Waals surface area contributed by atoms with Gasteiger partial charge in [0.15, 0.2) is 4.77 Å². The lowest BCUT2D eigenvalue weighted by Crippen LogP contribution is -2.21. The molecule has 0 saturated carbocycles. The molecular formula is C16H24N2OS. The zero-order chi connectivity index (χ0) is 14.9. The maximum absolute atomic E-state index is 5.49. The summed E-state index contributed by atoms with van der Waals surface area (Å²) in [6, 6.07) is 6.07. The highest BCUT2D eigenvalue weighted by molar-refractivity contribution is 7.71. The van der Waals surface area contributed by atoms with Crippen molar-refractivity contribution < 1.29 is 4.74 Å². The molecule has 0 unspecified atom stereocenters. The lowest BCUT2D eigenvalue weighted by molar-refractivity contribution is 0.253. The molecule has 0 bridgehead atoms. The fourth-order valence-electron chi connectivity index (χ4n) is 2.85. The average Bonchev–Trinajstić information content (AvgIpc) is 2.69. The van der Waals surface area contributed by atoms with E-state index in [4.69, 9.17) is 17.0 Å². The number of fused-ring (bicyclic) bond motifs is 1. The van der Waals surface area contributed by atoms with Crippen LogP contribution in [-0.2, 0) is 6.54 Å². The number of nitrogens with one attached hydrogen (secondary N) is 1. The first-order valence-corrected chi connectivity index (χ1v) is 7.61. The fraction of sp³-hybridized carbons (Fsp3) is 0.562. The second-order valence-electron chi connectivity index (χ2n) is 6.08. The highest BCUT2D eigenvalue weighted by atomic mass is 32.1. The van der Waals surface area contributed by atoms with Crippen LogP contribution < -0.4 is 4.74 Å². The predicted molar refractivity (Wildman–Crippen MR) is 86.8 cm³/mol. The first-order chi connectivity index (χ1) is 9.43. The van der Waals surface area contributed by atoms with Crippen LogP contribution in [0.25, 0.3) is 11.0 Å². The van der Waals surface area contributed by atoms with Gasteiger partial charge in [-0.15, -0.1) is 0 Å². The summed E-state index contributed by atoms with van der Waals surface area (Å²) < 4.78 is 8.27. The highest BCUT2D eigenvalue weighted by Crippen LogP contribution is 2.26. The minimum absolute atomic E-state index is 0.614. The molecule has 0 amide bonds. The van der Waals surface area contributed by atoms with E-state index >= 15 is 0 Å². The Hall–Kier alpha value is -1.29. The number of hydrogen-bond donors (Lipinski definition) is 1. The summed E-state index contributed by atoms with van der Waals surface area (Å²) in [5, 5.41) is 0. The van der Waals surface area contributed by atoms with E-state index in [-0.39, 0.29) is 0 Å². The van der Waals surface area contributed by atoms with E-state index in [1.54, 1.807) is 7.11 Å². The summed E-state index contributed by atoms with van der Waals surface area (Å²) in [4.78, 5) is 3.28. The molecule has 1 aromatic heterocycles. The van der Waals surface area contributed by atoms with Crippen molar-refractivity contribution in [2.24, 2.45) is 17.8 Å². The van der Waals surface area contributed by atoms with Crippen LogP contribution in [0.4, 0.5) is 0 Å². The molecule has 0 saturated heterocycles. The number of aromatic nitrogens is 2. The zero-order valence-electron chi connectivity index (χ0n) is 12.9. The van der Waals surface area contributed by atoms with Crippen LogP contribution in [0.3, 0.4) is 0 Å². The minimum Gasteiger partial charge on any atom is -0.497 e. The molecule has 2 rings (SSSR count). The Labute approximate surface area is 126 Å². The summed E-state index contributed by atoms with van der Waals surface area (Å²) >= 11 is 5.49. The van der Waals surface area contributed by atoms with E-state index in [0.29, 0.717) is 17.8 Å². The van der Waals surface area contributed by atoms with Gasteiger partial charge in [-0.05, 0) is 42.1 Å². The standard InChI is InChI=1S/C16H24N2OS/c1-10(2)13(11(3)4)9-18-15-7-6-12(19-5)8-14(15)17-16(18)20/h6-8,10-11,13H,9H2,1-5H3,(H,17,20). The molecule has 1 heterocycles. The molecule has 0 atom stereocenters. The quantitative estimate of drug-likeness (QED) is 0.814. The Bertz CT molecular complexity index is 631. The molecule has 2 aromatic rings. The third-order valence-corrected chi connectivity index (χ3v) is 4.41. The van der Waals surface area contributed by atoms with Crippen LogP contribution in [0.5, 0.6) is 5.75 Å². The second kappa shape index (κ2) is 6.00. The average molecular weight is 292 g/mol. The fourth-order valence-corrected chi connectivity index (χ4v) is 3.14. The van der Waals surface area contributed by atoms with Crippen LogP contribution in [0.15, 0.2) is 18.2 Å². The molecule has 1 aromatic carbocycles. The molecule has 4 heteroatoms. The summed E-state index contributed by atoms with van der Waals surface area (Å²) in [6.07, 6.45) is 0. The lowest BCUT2D eigenvalue weighted by atomic mass is 9.85. The van der Waals surface area contributed by atoms with E-state index < -0.39 is 0 Å². The normalized spacial score (nSPS) is 12.0.